The summed E-state index contributed by atoms with van der Waals surface area (Å²) in [6, 6.07) is 7.24. The van der Waals surface area contributed by atoms with Crippen LogP contribution in [0.5, 0.6) is 5.75 Å². The van der Waals surface area contributed by atoms with Crippen LogP contribution in [0.3, 0.4) is 0 Å². The fourth-order valence-electron chi connectivity index (χ4n) is 1.71. The maximum absolute atomic E-state index is 11.1. The Kier molecular flexibility index (Phi) is 7.34. The first kappa shape index (κ1) is 18.2. The third-order valence-corrected chi connectivity index (χ3v) is 2.82. The average Bonchev–Trinajstić information content (AvgIpc) is 2.54. The van der Waals surface area contributed by atoms with Gasteiger partial charge in [-0.15, -0.1) is 5.47 Å². The molecule has 1 aromatic carbocycles. The molecule has 1 rings (SSSR count). The second kappa shape index (κ2) is 9.25. The summed E-state index contributed by atoms with van der Waals surface area (Å²) in [5.74, 6) is 0.0197. The molecular formula is C18H19BO4. The standard InChI is InChI=1S/C18H19BO4/c1-5-17(20)22-14(4)8-7-13(3)19-15-9-11-16(12-10-15)23-18(21)6-2/h5-12,19H,1-2H2,3-4H3/b13-7+,14-8+. The Morgan fingerprint density at radius 2 is 1.61 bits per heavy atom. The van der Waals surface area contributed by atoms with E-state index in [0.29, 0.717) is 11.5 Å². The lowest BCUT2D eigenvalue weighted by Crippen LogP contribution is -2.15. The first-order valence-corrected chi connectivity index (χ1v) is 7.06. The Morgan fingerprint density at radius 1 is 1.00 bits per heavy atom. The Hall–Kier alpha value is -2.82. The maximum Gasteiger partial charge on any atom is 0.335 e. The van der Waals surface area contributed by atoms with Gasteiger partial charge >= 0.3 is 11.9 Å². The summed E-state index contributed by atoms with van der Waals surface area (Å²) in [6.07, 6.45) is 5.86. The lowest BCUT2D eigenvalue weighted by Gasteiger charge is -2.04. The van der Waals surface area contributed by atoms with Gasteiger partial charge in [-0.05, 0) is 25.1 Å². The van der Waals surface area contributed by atoms with Crippen LogP contribution in [0.15, 0.2) is 73.0 Å². The van der Waals surface area contributed by atoms with E-state index in [1.807, 2.05) is 25.1 Å². The summed E-state index contributed by atoms with van der Waals surface area (Å²) in [6.45, 7) is 10.4. The molecule has 0 spiro atoms. The molecule has 0 atom stereocenters. The van der Waals surface area contributed by atoms with E-state index in [9.17, 15) is 9.59 Å². The molecule has 0 N–H and O–H groups in total. The minimum Gasteiger partial charge on any atom is -0.428 e. The number of carbonyl (C=O) groups excluding carboxylic acids is 2. The third-order valence-electron chi connectivity index (χ3n) is 2.82. The summed E-state index contributed by atoms with van der Waals surface area (Å²) in [7, 11) is 0.731. The van der Waals surface area contributed by atoms with Crippen molar-refractivity contribution in [3.05, 3.63) is 73.0 Å². The maximum atomic E-state index is 11.1. The van der Waals surface area contributed by atoms with Crippen molar-refractivity contribution in [3.8, 4) is 5.75 Å². The van der Waals surface area contributed by atoms with Crippen LogP contribution in [-0.4, -0.2) is 19.2 Å². The molecule has 0 aliphatic heterocycles. The van der Waals surface area contributed by atoms with Crippen molar-refractivity contribution < 1.29 is 19.1 Å². The van der Waals surface area contributed by atoms with E-state index in [1.165, 1.54) is 0 Å². The topological polar surface area (TPSA) is 52.6 Å². The van der Waals surface area contributed by atoms with Gasteiger partial charge in [0.05, 0.1) is 0 Å². The predicted octanol–water partition coefficient (Wildman–Crippen LogP) is 2.38. The van der Waals surface area contributed by atoms with Crippen LogP contribution in [0, 0.1) is 0 Å². The number of benzene rings is 1. The smallest absolute Gasteiger partial charge is 0.335 e. The largest absolute Gasteiger partial charge is 0.428 e. The molecule has 0 bridgehead atoms. The normalized spacial score (nSPS) is 11.4. The van der Waals surface area contributed by atoms with E-state index in [1.54, 1.807) is 25.1 Å². The van der Waals surface area contributed by atoms with Gasteiger partial charge in [0.1, 0.15) is 11.5 Å². The first-order valence-electron chi connectivity index (χ1n) is 7.06. The molecule has 23 heavy (non-hydrogen) atoms. The molecule has 0 amide bonds. The van der Waals surface area contributed by atoms with Gasteiger partial charge in [-0.1, -0.05) is 43.8 Å². The highest BCUT2D eigenvalue weighted by Gasteiger charge is 2.02. The fraction of sp³-hybridized carbons (Fsp3) is 0.111. The van der Waals surface area contributed by atoms with Crippen LogP contribution in [0.2, 0.25) is 0 Å². The Bertz CT molecular complexity index is 654. The third kappa shape index (κ3) is 7.13. The zero-order chi connectivity index (χ0) is 17.2. The minimum absolute atomic E-state index is 0.477. The van der Waals surface area contributed by atoms with Crippen LogP contribution in [0.25, 0.3) is 0 Å². The van der Waals surface area contributed by atoms with Crippen LogP contribution in [0.4, 0.5) is 0 Å². The molecular weight excluding hydrogens is 291 g/mol. The predicted molar refractivity (Wildman–Crippen MR) is 92.9 cm³/mol. The fourth-order valence-corrected chi connectivity index (χ4v) is 1.71. The molecule has 0 unspecified atom stereocenters. The molecule has 0 aliphatic carbocycles. The monoisotopic (exact) mass is 310 g/mol. The van der Waals surface area contributed by atoms with E-state index < -0.39 is 11.9 Å². The Labute approximate surface area is 137 Å². The lowest BCUT2D eigenvalue weighted by molar-refractivity contribution is -0.133. The van der Waals surface area contributed by atoms with Crippen LogP contribution in [-0.2, 0) is 14.3 Å². The van der Waals surface area contributed by atoms with Gasteiger partial charge in [-0.3, -0.25) is 0 Å². The first-order chi connectivity index (χ1) is 10.9. The summed E-state index contributed by atoms with van der Waals surface area (Å²) >= 11 is 0. The molecule has 0 saturated heterocycles. The molecule has 0 fully saturated rings. The molecule has 1 aromatic rings. The van der Waals surface area contributed by atoms with Gasteiger partial charge < -0.3 is 9.47 Å². The summed E-state index contributed by atoms with van der Waals surface area (Å²) in [5.41, 5.74) is 2.17. The van der Waals surface area contributed by atoms with Gasteiger partial charge in [0, 0.05) is 12.2 Å². The van der Waals surface area contributed by atoms with Crippen molar-refractivity contribution in [2.75, 3.05) is 0 Å². The van der Waals surface area contributed by atoms with Gasteiger partial charge in [0.15, 0.2) is 7.28 Å². The highest BCUT2D eigenvalue weighted by molar-refractivity contribution is 6.60. The van der Waals surface area contributed by atoms with E-state index in [4.69, 9.17) is 9.47 Å². The quantitative estimate of drug-likeness (QED) is 0.194. The lowest BCUT2D eigenvalue weighted by atomic mass is 9.64. The Balaban J connectivity index is 2.64. The van der Waals surface area contributed by atoms with E-state index in [0.717, 1.165) is 30.4 Å². The molecule has 0 saturated carbocycles. The van der Waals surface area contributed by atoms with Crippen LogP contribution < -0.4 is 10.2 Å². The highest BCUT2D eigenvalue weighted by atomic mass is 16.5. The van der Waals surface area contributed by atoms with Crippen LogP contribution >= 0.6 is 0 Å². The molecule has 0 heterocycles. The SMILES string of the molecule is C=CC(=O)O/C(C)=C/C=C(\C)Bc1ccc(OC(=O)C=C)cc1. The summed E-state index contributed by atoms with van der Waals surface area (Å²) < 4.78 is 9.98. The van der Waals surface area contributed by atoms with Crippen molar-refractivity contribution in [1.29, 1.82) is 0 Å². The van der Waals surface area contributed by atoms with Crippen molar-refractivity contribution in [3.63, 3.8) is 0 Å². The Morgan fingerprint density at radius 3 is 2.17 bits per heavy atom. The van der Waals surface area contributed by atoms with Gasteiger partial charge in [0.2, 0.25) is 0 Å². The molecule has 0 aliphatic rings. The van der Waals surface area contributed by atoms with Crippen molar-refractivity contribution in [2.45, 2.75) is 13.8 Å². The van der Waals surface area contributed by atoms with Crippen molar-refractivity contribution in [2.24, 2.45) is 0 Å². The minimum atomic E-state index is -0.483. The number of hydrogen-bond acceptors (Lipinski definition) is 4. The molecule has 0 radical (unpaired) electrons. The van der Waals surface area contributed by atoms with Crippen molar-refractivity contribution in [1.82, 2.24) is 0 Å². The number of ether oxygens (including phenoxy) is 2. The second-order valence-electron chi connectivity index (χ2n) is 4.86. The number of hydrogen-bond donors (Lipinski definition) is 0. The van der Waals surface area contributed by atoms with Gasteiger partial charge in [0.25, 0.3) is 0 Å². The number of allylic oxidation sites excluding steroid dienone is 4. The van der Waals surface area contributed by atoms with Crippen LogP contribution in [0.1, 0.15) is 13.8 Å². The number of carbonyl (C=O) groups is 2. The molecule has 0 aromatic heterocycles. The number of rotatable bonds is 7. The number of esters is 2. The van der Waals surface area contributed by atoms with E-state index in [2.05, 4.69) is 13.2 Å². The summed E-state index contributed by atoms with van der Waals surface area (Å²) in [4.78, 5) is 22.1. The van der Waals surface area contributed by atoms with Gasteiger partial charge in [-0.25, -0.2) is 9.59 Å². The summed E-state index contributed by atoms with van der Waals surface area (Å²) in [5, 5.41) is 0. The van der Waals surface area contributed by atoms with E-state index in [-0.39, 0.29) is 0 Å². The molecule has 5 heteroatoms. The molecule has 118 valence electrons. The zero-order valence-corrected chi connectivity index (χ0v) is 13.4. The average molecular weight is 310 g/mol. The van der Waals surface area contributed by atoms with E-state index >= 15 is 0 Å². The van der Waals surface area contributed by atoms with Crippen molar-refractivity contribution >= 4 is 24.7 Å². The molecule has 4 nitrogen and oxygen atoms in total. The highest BCUT2D eigenvalue weighted by Crippen LogP contribution is 2.08. The second-order valence-corrected chi connectivity index (χ2v) is 4.86. The zero-order valence-electron chi connectivity index (χ0n) is 13.4. The van der Waals surface area contributed by atoms with Gasteiger partial charge in [-0.2, -0.15) is 0 Å².